The monoisotopic (exact) mass is 356 g/mol. The maximum absolute atomic E-state index is 12.4. The highest BCUT2D eigenvalue weighted by molar-refractivity contribution is 5.96. The first-order valence-corrected chi connectivity index (χ1v) is 8.30. The molecule has 5 heteroatoms. The van der Waals surface area contributed by atoms with Gasteiger partial charge in [-0.3, -0.25) is 4.79 Å². The molecule has 1 atom stereocenters. The number of nitrogens with one attached hydrogen (secondary N) is 2. The summed E-state index contributed by atoms with van der Waals surface area (Å²) in [5, 5.41) is 7.42. The van der Waals surface area contributed by atoms with E-state index in [-0.39, 0.29) is 24.4 Å². The van der Waals surface area contributed by atoms with Crippen molar-refractivity contribution in [3.05, 3.63) is 71.0 Å². The second-order valence-electron chi connectivity index (χ2n) is 6.32. The molecule has 0 aliphatic carbocycles. The molecule has 2 aromatic carbocycles. The summed E-state index contributed by atoms with van der Waals surface area (Å²) in [5.41, 5.74) is 4.52. The van der Waals surface area contributed by atoms with Crippen molar-refractivity contribution in [3.63, 3.8) is 0 Å². The maximum Gasteiger partial charge on any atom is 0.287 e. The van der Waals surface area contributed by atoms with E-state index in [4.69, 9.17) is 4.42 Å². The number of benzene rings is 2. The molecule has 0 spiro atoms. The van der Waals surface area contributed by atoms with Crippen molar-refractivity contribution in [2.24, 2.45) is 0 Å². The van der Waals surface area contributed by atoms with Crippen molar-refractivity contribution < 1.29 is 9.21 Å². The lowest BCUT2D eigenvalue weighted by molar-refractivity contribution is 0.0923. The average Bonchev–Trinajstić information content (AvgIpc) is 3.03. The van der Waals surface area contributed by atoms with E-state index in [0.29, 0.717) is 12.3 Å². The predicted molar refractivity (Wildman–Crippen MR) is 101 cm³/mol. The van der Waals surface area contributed by atoms with Crippen LogP contribution in [0.4, 0.5) is 0 Å². The second kappa shape index (κ2) is 7.30. The van der Waals surface area contributed by atoms with Crippen molar-refractivity contribution in [2.75, 3.05) is 13.1 Å². The Morgan fingerprint density at radius 2 is 2.08 bits per heavy atom. The zero-order valence-corrected chi connectivity index (χ0v) is 14.9. The van der Waals surface area contributed by atoms with Crippen LogP contribution in [0, 0.1) is 6.92 Å². The Balaban J connectivity index is 0.00000182. The summed E-state index contributed by atoms with van der Waals surface area (Å²) in [6, 6.07) is 16.3. The Hall–Kier alpha value is -2.30. The number of halogens is 1. The first-order valence-electron chi connectivity index (χ1n) is 8.30. The van der Waals surface area contributed by atoms with Gasteiger partial charge >= 0.3 is 0 Å². The van der Waals surface area contributed by atoms with Crippen molar-refractivity contribution in [2.45, 2.75) is 19.4 Å². The molecule has 4 nitrogen and oxygen atoms in total. The van der Waals surface area contributed by atoms with Crippen molar-refractivity contribution in [1.82, 2.24) is 10.6 Å². The molecule has 130 valence electrons. The lowest BCUT2D eigenvalue weighted by Gasteiger charge is -2.26. The average molecular weight is 357 g/mol. The fraction of sp³-hybridized carbons (Fsp3) is 0.250. The molecular formula is C20H21ClN2O2. The van der Waals surface area contributed by atoms with Gasteiger partial charge in [-0.15, -0.1) is 12.4 Å². The van der Waals surface area contributed by atoms with Gasteiger partial charge in [0.05, 0.1) is 0 Å². The van der Waals surface area contributed by atoms with Crippen molar-refractivity contribution in [3.8, 4) is 0 Å². The summed E-state index contributed by atoms with van der Waals surface area (Å²) in [5.74, 6) is 0.188. The highest BCUT2D eigenvalue weighted by Crippen LogP contribution is 2.23. The van der Waals surface area contributed by atoms with E-state index in [2.05, 4.69) is 28.8 Å². The van der Waals surface area contributed by atoms with Gasteiger partial charge in [0, 0.05) is 18.0 Å². The van der Waals surface area contributed by atoms with Crippen LogP contribution in [-0.4, -0.2) is 19.0 Å². The van der Waals surface area contributed by atoms with Crippen LogP contribution in [0.1, 0.15) is 33.3 Å². The van der Waals surface area contributed by atoms with Crippen molar-refractivity contribution >= 4 is 29.3 Å². The Kier molecular flexibility index (Phi) is 5.11. The fourth-order valence-corrected chi connectivity index (χ4v) is 3.33. The summed E-state index contributed by atoms with van der Waals surface area (Å²) in [6.45, 7) is 3.51. The molecule has 3 aromatic rings. The van der Waals surface area contributed by atoms with E-state index in [0.717, 1.165) is 29.5 Å². The molecular weight excluding hydrogens is 336 g/mol. The van der Waals surface area contributed by atoms with Gasteiger partial charge in [0.15, 0.2) is 5.76 Å². The summed E-state index contributed by atoms with van der Waals surface area (Å²) >= 11 is 0. The molecule has 1 aliphatic heterocycles. The van der Waals surface area contributed by atoms with Crippen LogP contribution in [0.15, 0.2) is 52.9 Å². The number of fused-ring (bicyclic) bond motifs is 2. The SMILES string of the molecule is Cc1ccc2oc(C(=O)NCC3NCCc4ccccc43)cc2c1.Cl. The summed E-state index contributed by atoms with van der Waals surface area (Å²) < 4.78 is 5.66. The minimum absolute atomic E-state index is 0. The van der Waals surface area contributed by atoms with E-state index in [1.54, 1.807) is 6.07 Å². The minimum atomic E-state index is -0.172. The minimum Gasteiger partial charge on any atom is -0.451 e. The van der Waals surface area contributed by atoms with Crippen LogP contribution in [0.3, 0.4) is 0 Å². The largest absolute Gasteiger partial charge is 0.451 e. The smallest absolute Gasteiger partial charge is 0.287 e. The fourth-order valence-electron chi connectivity index (χ4n) is 3.33. The predicted octanol–water partition coefficient (Wildman–Crippen LogP) is 3.78. The second-order valence-corrected chi connectivity index (χ2v) is 6.32. The number of aryl methyl sites for hydroxylation is 1. The lowest BCUT2D eigenvalue weighted by atomic mass is 9.94. The zero-order chi connectivity index (χ0) is 16.5. The van der Waals surface area contributed by atoms with E-state index >= 15 is 0 Å². The van der Waals surface area contributed by atoms with Crippen LogP contribution < -0.4 is 10.6 Å². The molecule has 0 fully saturated rings. The van der Waals surface area contributed by atoms with E-state index in [9.17, 15) is 4.79 Å². The van der Waals surface area contributed by atoms with Crippen LogP contribution in [0.5, 0.6) is 0 Å². The number of hydrogen-bond acceptors (Lipinski definition) is 3. The van der Waals surface area contributed by atoms with Crippen LogP contribution in [-0.2, 0) is 6.42 Å². The third-order valence-electron chi connectivity index (χ3n) is 4.58. The third-order valence-corrected chi connectivity index (χ3v) is 4.58. The van der Waals surface area contributed by atoms with Crippen LogP contribution in [0.25, 0.3) is 11.0 Å². The number of amides is 1. The molecule has 0 bridgehead atoms. The summed E-state index contributed by atoms with van der Waals surface area (Å²) in [7, 11) is 0. The highest BCUT2D eigenvalue weighted by atomic mass is 35.5. The van der Waals surface area contributed by atoms with Gasteiger partial charge in [-0.2, -0.15) is 0 Å². The highest BCUT2D eigenvalue weighted by Gasteiger charge is 2.20. The van der Waals surface area contributed by atoms with Gasteiger partial charge in [-0.1, -0.05) is 35.9 Å². The van der Waals surface area contributed by atoms with Gasteiger partial charge in [-0.05, 0) is 49.2 Å². The normalized spacial score (nSPS) is 16.1. The zero-order valence-electron chi connectivity index (χ0n) is 14.0. The summed E-state index contributed by atoms with van der Waals surface area (Å²) in [6.07, 6.45) is 1.03. The third kappa shape index (κ3) is 3.55. The van der Waals surface area contributed by atoms with Gasteiger partial charge in [-0.25, -0.2) is 0 Å². The molecule has 0 saturated heterocycles. The number of carbonyl (C=O) groups is 1. The topological polar surface area (TPSA) is 54.3 Å². The molecule has 4 rings (SSSR count). The molecule has 25 heavy (non-hydrogen) atoms. The number of hydrogen-bond donors (Lipinski definition) is 2. The molecule has 0 saturated carbocycles. The molecule has 2 N–H and O–H groups in total. The summed E-state index contributed by atoms with van der Waals surface area (Å²) in [4.78, 5) is 12.4. The van der Waals surface area contributed by atoms with Crippen LogP contribution >= 0.6 is 12.4 Å². The molecule has 1 unspecified atom stereocenters. The lowest BCUT2D eigenvalue weighted by Crippen LogP contribution is -2.38. The Bertz CT molecular complexity index is 904. The van der Waals surface area contributed by atoms with E-state index in [1.165, 1.54) is 11.1 Å². The van der Waals surface area contributed by atoms with Gasteiger partial charge in [0.1, 0.15) is 5.58 Å². The van der Waals surface area contributed by atoms with Crippen molar-refractivity contribution in [1.29, 1.82) is 0 Å². The van der Waals surface area contributed by atoms with Gasteiger partial charge in [0.25, 0.3) is 5.91 Å². The molecule has 0 radical (unpaired) electrons. The van der Waals surface area contributed by atoms with E-state index in [1.807, 2.05) is 31.2 Å². The number of rotatable bonds is 3. The van der Waals surface area contributed by atoms with E-state index < -0.39 is 0 Å². The standard InChI is InChI=1S/C20H20N2O2.ClH/c1-13-6-7-18-15(10-13)11-19(24-18)20(23)22-12-17-16-5-3-2-4-14(16)8-9-21-17;/h2-7,10-11,17,21H,8-9,12H2,1H3,(H,22,23);1H. The number of furan rings is 1. The molecule has 1 amide bonds. The van der Waals surface area contributed by atoms with Gasteiger partial charge < -0.3 is 15.1 Å². The Morgan fingerprint density at radius 3 is 2.96 bits per heavy atom. The Labute approximate surface area is 153 Å². The molecule has 1 aromatic heterocycles. The molecule has 2 heterocycles. The number of carbonyl (C=O) groups excluding carboxylic acids is 1. The first-order chi connectivity index (χ1) is 11.7. The molecule has 1 aliphatic rings. The quantitative estimate of drug-likeness (QED) is 0.751. The first kappa shape index (κ1) is 17.5. The van der Waals surface area contributed by atoms with Crippen LogP contribution in [0.2, 0.25) is 0 Å². The van der Waals surface area contributed by atoms with Gasteiger partial charge in [0.2, 0.25) is 0 Å². The Morgan fingerprint density at radius 1 is 1.24 bits per heavy atom. The maximum atomic E-state index is 12.4.